The highest BCUT2D eigenvalue weighted by Crippen LogP contribution is 2.52. The Hall–Kier alpha value is -5.08. The third-order valence-corrected chi connectivity index (χ3v) is 16.2. The Morgan fingerprint density at radius 3 is 2.15 bits per heavy atom. The van der Waals surface area contributed by atoms with Crippen molar-refractivity contribution in [2.45, 2.75) is 142 Å². The summed E-state index contributed by atoms with van der Waals surface area (Å²) in [6, 6.07) is 13.2. The molecule has 0 radical (unpaired) electrons. The molecule has 0 bridgehead atoms. The maximum Gasteiger partial charge on any atom is 0.318 e. The van der Waals surface area contributed by atoms with Gasteiger partial charge in [0.15, 0.2) is 6.73 Å². The molecule has 2 aromatic heterocycles. The van der Waals surface area contributed by atoms with Crippen LogP contribution in [-0.2, 0) is 27.5 Å². The molecule has 0 spiro atoms. The number of hydrogen-bond acceptors (Lipinski definition) is 9. The van der Waals surface area contributed by atoms with Crippen molar-refractivity contribution in [3.05, 3.63) is 75.7 Å². The first kappa shape index (κ1) is 47.0. The number of aromatic nitrogens is 3. The van der Waals surface area contributed by atoms with Crippen molar-refractivity contribution in [2.24, 2.45) is 10.8 Å². The van der Waals surface area contributed by atoms with E-state index in [9.17, 15) is 24.0 Å². The molecule has 2 saturated carbocycles. The van der Waals surface area contributed by atoms with Gasteiger partial charge in [0.25, 0.3) is 11.5 Å². The number of carbonyl (C=O) groups is 4. The number of urea groups is 1. The second-order valence-corrected chi connectivity index (χ2v) is 20.8. The molecule has 3 amide bonds. The Balaban J connectivity index is 0.898. The fourth-order valence-electron chi connectivity index (χ4n) is 11.4. The number of aryl methyl sites for hydroxylation is 1. The minimum atomic E-state index is -0.801. The molecule has 3 saturated heterocycles. The van der Waals surface area contributed by atoms with E-state index in [1.807, 2.05) is 54.3 Å². The normalized spacial score (nSPS) is 20.5. The third kappa shape index (κ3) is 9.93. The average Bonchev–Trinajstić information content (AvgIpc) is 4.28. The number of fused-ring (bicyclic) bond motifs is 2. The van der Waals surface area contributed by atoms with E-state index in [1.165, 1.54) is 0 Å². The molecular weight excluding hydrogens is 845 g/mol. The summed E-state index contributed by atoms with van der Waals surface area (Å²) in [7, 11) is 2.18. The molecule has 9 rings (SSSR count). The topological polar surface area (TPSA) is 142 Å². The summed E-state index contributed by atoms with van der Waals surface area (Å²) >= 11 is 0. The Kier molecular flexibility index (Phi) is 13.9. The van der Waals surface area contributed by atoms with Gasteiger partial charge in [-0.25, -0.2) is 4.79 Å². The number of ether oxygens (including phenoxy) is 1. The molecule has 1 atom stereocenters. The number of nitrogens with zero attached hydrogens (tertiary/aromatic N) is 7. The minimum absolute atomic E-state index is 0.0755. The van der Waals surface area contributed by atoms with Gasteiger partial charge < -0.3 is 24.8 Å². The highest BCUT2D eigenvalue weighted by Gasteiger charge is 2.51. The molecule has 14 nitrogen and oxygen atoms in total. The summed E-state index contributed by atoms with van der Waals surface area (Å²) in [6.45, 7) is 12.0. The van der Waals surface area contributed by atoms with Crippen LogP contribution in [0.1, 0.15) is 131 Å². The number of piperidine rings is 2. The lowest BCUT2D eigenvalue weighted by molar-refractivity contribution is -0.154. The number of esters is 1. The van der Waals surface area contributed by atoms with Gasteiger partial charge in [0.2, 0.25) is 5.91 Å². The molecular formula is C53H72N8O6. The zero-order chi connectivity index (χ0) is 46.9. The lowest BCUT2D eigenvalue weighted by Gasteiger charge is -2.43. The van der Waals surface area contributed by atoms with Crippen LogP contribution >= 0.6 is 0 Å². The second kappa shape index (κ2) is 19.9. The number of carbonyl (C=O) groups excluding carboxylic acids is 4. The molecule has 1 N–H and O–H groups in total. The van der Waals surface area contributed by atoms with Crippen molar-refractivity contribution in [1.82, 2.24) is 39.3 Å². The van der Waals surface area contributed by atoms with Gasteiger partial charge in [0.05, 0.1) is 28.1 Å². The Morgan fingerprint density at radius 1 is 0.806 bits per heavy atom. The number of hydrogen-bond donors (Lipinski definition) is 1. The monoisotopic (exact) mass is 917 g/mol. The quantitative estimate of drug-likeness (QED) is 0.113. The van der Waals surface area contributed by atoms with Crippen LogP contribution < -0.4 is 10.9 Å². The van der Waals surface area contributed by atoms with E-state index in [0.717, 1.165) is 136 Å². The van der Waals surface area contributed by atoms with Crippen LogP contribution in [0.15, 0.2) is 53.5 Å². The van der Waals surface area contributed by atoms with Crippen molar-refractivity contribution in [1.29, 1.82) is 0 Å². The number of para-hydroxylation sites is 1. The van der Waals surface area contributed by atoms with Crippen LogP contribution in [0, 0.1) is 17.8 Å². The molecule has 67 heavy (non-hydrogen) atoms. The number of rotatable bonds is 16. The number of unbranched alkanes of at least 4 members (excludes halogenated alkanes) is 2. The Bertz CT molecular complexity index is 2520. The SMILES string of the molecule is CCCCC1(C(=O)OCn2c(=O)c(C3CCN(C(=O)N[C@H](Cc4cc(C)c5c(cnn5C(=O)C5(CCCC)CC5)c4)C(=O)N4CCN(C5CCN(C)CC5)CC4)CC3)cc3ccccc32)CC1. The molecule has 360 valence electrons. The number of piperazine rings is 1. The molecule has 0 unspecified atom stereocenters. The van der Waals surface area contributed by atoms with Crippen molar-refractivity contribution in [3.63, 3.8) is 0 Å². The number of benzene rings is 2. The summed E-state index contributed by atoms with van der Waals surface area (Å²) in [4.78, 5) is 78.9. The molecule has 2 aromatic carbocycles. The first-order valence-corrected chi connectivity index (χ1v) is 25.5. The van der Waals surface area contributed by atoms with Gasteiger partial charge in [-0.1, -0.05) is 63.8 Å². The van der Waals surface area contributed by atoms with Crippen LogP contribution in [0.4, 0.5) is 4.79 Å². The van der Waals surface area contributed by atoms with E-state index in [1.54, 1.807) is 20.3 Å². The number of likely N-dealkylation sites (tertiary alicyclic amines) is 2. The van der Waals surface area contributed by atoms with E-state index in [2.05, 4.69) is 41.1 Å². The molecule has 14 heteroatoms. The van der Waals surface area contributed by atoms with Gasteiger partial charge in [-0.05, 0) is 132 Å². The third-order valence-electron chi connectivity index (χ3n) is 16.2. The second-order valence-electron chi connectivity index (χ2n) is 20.8. The van der Waals surface area contributed by atoms with Crippen LogP contribution in [0.2, 0.25) is 0 Å². The lowest BCUT2D eigenvalue weighted by atomic mass is 9.89. The van der Waals surface area contributed by atoms with E-state index in [-0.39, 0.29) is 47.4 Å². The summed E-state index contributed by atoms with van der Waals surface area (Å²) in [5, 5.41) is 9.56. The largest absolute Gasteiger partial charge is 0.443 e. The average molecular weight is 917 g/mol. The number of amides is 3. The van der Waals surface area contributed by atoms with Crippen molar-refractivity contribution >= 4 is 45.6 Å². The van der Waals surface area contributed by atoms with E-state index in [4.69, 9.17) is 4.74 Å². The summed E-state index contributed by atoms with van der Waals surface area (Å²) in [5.74, 6) is -0.315. The molecule has 5 heterocycles. The van der Waals surface area contributed by atoms with Gasteiger partial charge in [0.1, 0.15) is 6.04 Å². The summed E-state index contributed by atoms with van der Waals surface area (Å²) in [6.07, 6.45) is 14.7. The molecule has 4 aromatic rings. The summed E-state index contributed by atoms with van der Waals surface area (Å²) in [5.41, 5.74) is 3.13. The van der Waals surface area contributed by atoms with Crippen LogP contribution in [0.25, 0.3) is 21.8 Å². The van der Waals surface area contributed by atoms with Crippen molar-refractivity contribution in [2.75, 3.05) is 59.4 Å². The van der Waals surface area contributed by atoms with E-state index < -0.39 is 11.5 Å². The Labute approximate surface area is 395 Å². The summed E-state index contributed by atoms with van der Waals surface area (Å²) < 4.78 is 9.09. The standard InChI is InChI=1S/C53H72N8O6/c1-5-7-17-52(19-20-52)49(64)61-46-37(3)31-38(32-41(46)35-54-61)33-44(48(63)58-29-27-57(28-30-58)42-15-23-56(4)24-16-42)55-51(66)59-25-13-39(14-26-59)43-34-40-11-9-10-12-45(40)60(47(43)62)36-67-50(65)53(21-22-53)18-8-6-2/h9-12,31-32,34-35,39,42,44H,5-8,13-30,33,36H2,1-4H3,(H,55,66)/t44-/m1/s1. The predicted molar refractivity (Wildman–Crippen MR) is 260 cm³/mol. The van der Waals surface area contributed by atoms with Gasteiger partial charge in [0, 0.05) is 62.7 Å². The first-order valence-electron chi connectivity index (χ1n) is 25.5. The zero-order valence-electron chi connectivity index (χ0n) is 40.4. The molecule has 2 aliphatic carbocycles. The fourth-order valence-corrected chi connectivity index (χ4v) is 11.4. The highest BCUT2D eigenvalue weighted by atomic mass is 16.5. The van der Waals surface area contributed by atoms with Gasteiger partial charge in [-0.2, -0.15) is 9.78 Å². The van der Waals surface area contributed by atoms with Gasteiger partial charge in [-0.3, -0.25) is 28.6 Å². The number of pyridine rings is 1. The predicted octanol–water partition coefficient (Wildman–Crippen LogP) is 7.48. The van der Waals surface area contributed by atoms with Crippen molar-refractivity contribution in [3.8, 4) is 0 Å². The number of nitrogens with one attached hydrogen (secondary N) is 1. The maximum absolute atomic E-state index is 14.6. The van der Waals surface area contributed by atoms with Crippen LogP contribution in [-0.4, -0.2) is 129 Å². The zero-order valence-corrected chi connectivity index (χ0v) is 40.4. The molecule has 5 fully saturated rings. The van der Waals surface area contributed by atoms with E-state index in [0.29, 0.717) is 57.0 Å². The molecule has 5 aliphatic rings. The minimum Gasteiger partial charge on any atom is -0.443 e. The Morgan fingerprint density at radius 2 is 1.48 bits per heavy atom. The van der Waals surface area contributed by atoms with Crippen molar-refractivity contribution < 1.29 is 23.9 Å². The van der Waals surface area contributed by atoms with Gasteiger partial charge >= 0.3 is 12.0 Å². The lowest BCUT2D eigenvalue weighted by Crippen LogP contribution is -2.59. The molecule has 3 aliphatic heterocycles. The fraction of sp³-hybridized carbons (Fsp3) is 0.623. The van der Waals surface area contributed by atoms with Crippen LogP contribution in [0.3, 0.4) is 0 Å². The van der Waals surface area contributed by atoms with Crippen LogP contribution in [0.5, 0.6) is 0 Å². The smallest absolute Gasteiger partial charge is 0.318 e. The maximum atomic E-state index is 14.6. The first-order chi connectivity index (χ1) is 32.4. The van der Waals surface area contributed by atoms with E-state index >= 15 is 0 Å². The highest BCUT2D eigenvalue weighted by molar-refractivity contribution is 5.97. The van der Waals surface area contributed by atoms with Gasteiger partial charge in [-0.15, -0.1) is 0 Å².